The quantitative estimate of drug-likeness (QED) is 0.137. The van der Waals surface area contributed by atoms with E-state index in [-0.39, 0.29) is 0 Å². The maximum Gasteiger partial charge on any atom is 0.142 e. The number of fused-ring (bicyclic) bond motifs is 4. The second kappa shape index (κ2) is 29.0. The van der Waals surface area contributed by atoms with Crippen LogP contribution in [0.5, 0.6) is 5.75 Å². The highest BCUT2D eigenvalue weighted by atomic mass is 16.5. The first-order valence-electron chi connectivity index (χ1n) is 34.4. The molecule has 0 spiro atoms. The van der Waals surface area contributed by atoms with Crippen molar-refractivity contribution in [2.24, 2.45) is 41.4 Å². The van der Waals surface area contributed by atoms with E-state index in [9.17, 15) is 0 Å². The van der Waals surface area contributed by atoms with Crippen molar-refractivity contribution in [3.8, 4) is 5.75 Å². The molecule has 0 N–H and O–H groups in total. The summed E-state index contributed by atoms with van der Waals surface area (Å²) in [5, 5.41) is 0. The third-order valence-electron chi connectivity index (χ3n) is 22.6. The van der Waals surface area contributed by atoms with E-state index in [4.69, 9.17) is 4.74 Å². The molecule has 4 bridgehead atoms. The molecule has 4 aromatic rings. The number of allylic oxidation sites excluding steroid dienone is 2. The topological polar surface area (TPSA) is 35.2 Å². The van der Waals surface area contributed by atoms with Gasteiger partial charge in [-0.1, -0.05) is 93.3 Å². The largest absolute Gasteiger partial charge is 0.495 e. The van der Waals surface area contributed by atoms with Crippen molar-refractivity contribution in [1.29, 1.82) is 0 Å². The Morgan fingerprint density at radius 2 is 1.04 bits per heavy atom. The average molecular weight is 1140 g/mol. The van der Waals surface area contributed by atoms with E-state index >= 15 is 0 Å². The molecule has 9 heteroatoms. The molecule has 0 radical (unpaired) electrons. The van der Waals surface area contributed by atoms with Crippen LogP contribution in [0.15, 0.2) is 91.0 Å². The molecule has 5 saturated carbocycles. The number of anilines is 4. The number of ether oxygens (including phenoxy) is 1. The fourth-order valence-electron chi connectivity index (χ4n) is 17.4. The molecule has 0 aromatic heterocycles. The summed E-state index contributed by atoms with van der Waals surface area (Å²) in [4.78, 5) is 21.2. The lowest BCUT2D eigenvalue weighted by Gasteiger charge is -2.42. The Labute approximate surface area is 511 Å². The number of piperazine rings is 4. The van der Waals surface area contributed by atoms with Crippen molar-refractivity contribution in [3.63, 3.8) is 0 Å². The summed E-state index contributed by atoms with van der Waals surface area (Å²) in [6.07, 6.45) is 25.4. The summed E-state index contributed by atoms with van der Waals surface area (Å²) in [6, 6.07) is 30.6. The average Bonchev–Trinajstić information content (AvgIpc) is 4.21. The summed E-state index contributed by atoms with van der Waals surface area (Å²) < 4.78 is 5.50. The maximum absolute atomic E-state index is 5.50. The van der Waals surface area contributed by atoms with Crippen LogP contribution >= 0.6 is 0 Å². The zero-order valence-corrected chi connectivity index (χ0v) is 54.0. The van der Waals surface area contributed by atoms with Crippen LogP contribution in [0.2, 0.25) is 0 Å². The third-order valence-corrected chi connectivity index (χ3v) is 22.6. The lowest BCUT2D eigenvalue weighted by molar-refractivity contribution is 0.135. The summed E-state index contributed by atoms with van der Waals surface area (Å²) in [5.41, 5.74) is 14.1. The molecular weight excluding hydrogens is 1030 g/mol. The Kier molecular flexibility index (Phi) is 21.1. The zero-order valence-electron chi connectivity index (χ0n) is 54.0. The first-order chi connectivity index (χ1) is 40.9. The summed E-state index contributed by atoms with van der Waals surface area (Å²) in [7, 11) is 1.76. The smallest absolute Gasteiger partial charge is 0.142 e. The van der Waals surface area contributed by atoms with Crippen LogP contribution in [-0.4, -0.2) is 157 Å². The van der Waals surface area contributed by atoms with Crippen LogP contribution in [0.3, 0.4) is 0 Å². The molecule has 0 amide bonds. The molecule has 8 unspecified atom stereocenters. The first-order valence-corrected chi connectivity index (χ1v) is 34.4. The fraction of sp³-hybridized carbons (Fsp3) is 0.653. The zero-order chi connectivity index (χ0) is 58.1. The monoisotopic (exact) mass is 1140 g/mol. The molecule has 8 atom stereocenters. The number of para-hydroxylation sites is 2. The molecule has 4 aliphatic heterocycles. The minimum Gasteiger partial charge on any atom is -0.495 e. The molecular formula is C75H112N8O. The van der Waals surface area contributed by atoms with Gasteiger partial charge in [-0.25, -0.2) is 0 Å². The number of hydrogen-bond donors (Lipinski definition) is 0. The Bertz CT molecular complexity index is 2720. The van der Waals surface area contributed by atoms with Crippen molar-refractivity contribution < 1.29 is 4.74 Å². The molecule has 14 rings (SSSR count). The third kappa shape index (κ3) is 15.4. The van der Waals surface area contributed by atoms with Gasteiger partial charge in [-0.3, -0.25) is 19.6 Å². The fourth-order valence-corrected chi connectivity index (χ4v) is 17.4. The Balaban J connectivity index is 0.000000117. The molecule has 4 heterocycles. The van der Waals surface area contributed by atoms with E-state index in [0.29, 0.717) is 0 Å². The Morgan fingerprint density at radius 1 is 0.452 bits per heavy atom. The van der Waals surface area contributed by atoms with Gasteiger partial charge in [0.2, 0.25) is 0 Å². The van der Waals surface area contributed by atoms with E-state index in [0.717, 1.165) is 72.3 Å². The van der Waals surface area contributed by atoms with Crippen LogP contribution in [0.1, 0.15) is 130 Å². The van der Waals surface area contributed by atoms with E-state index < -0.39 is 0 Å². The van der Waals surface area contributed by atoms with E-state index in [1.807, 2.05) is 6.07 Å². The van der Waals surface area contributed by atoms with E-state index in [1.165, 1.54) is 251 Å². The first kappa shape index (κ1) is 61.1. The second-order valence-corrected chi connectivity index (χ2v) is 28.5. The lowest BCUT2D eigenvalue weighted by atomic mass is 9.89. The van der Waals surface area contributed by atoms with Gasteiger partial charge in [0, 0.05) is 147 Å². The summed E-state index contributed by atoms with van der Waals surface area (Å²) in [5.74, 6) is 7.69. The normalized spacial score (nSPS) is 28.4. The summed E-state index contributed by atoms with van der Waals surface area (Å²) in [6.45, 7) is 37.7. The van der Waals surface area contributed by atoms with Crippen LogP contribution in [0, 0.1) is 83.0 Å². The van der Waals surface area contributed by atoms with Gasteiger partial charge in [0.05, 0.1) is 12.8 Å². The van der Waals surface area contributed by atoms with Crippen LogP contribution in [0.25, 0.3) is 0 Å². The van der Waals surface area contributed by atoms with Gasteiger partial charge < -0.3 is 24.3 Å². The molecule has 10 aliphatic rings. The molecule has 4 aromatic carbocycles. The number of nitrogens with zero attached hydrogens (tertiary/aromatic N) is 8. The van der Waals surface area contributed by atoms with Gasteiger partial charge in [-0.05, 0) is 211 Å². The molecule has 6 aliphatic carbocycles. The number of methoxy groups -OCH3 is 1. The van der Waals surface area contributed by atoms with Crippen LogP contribution in [-0.2, 0) is 0 Å². The van der Waals surface area contributed by atoms with Crippen molar-refractivity contribution >= 4 is 22.7 Å². The number of rotatable bonds is 11. The highest BCUT2D eigenvalue weighted by Crippen LogP contribution is 2.47. The Morgan fingerprint density at radius 3 is 1.60 bits per heavy atom. The minimum absolute atomic E-state index is 0.866. The molecule has 4 saturated heterocycles. The van der Waals surface area contributed by atoms with Crippen molar-refractivity contribution in [2.45, 2.75) is 150 Å². The van der Waals surface area contributed by atoms with E-state index in [1.54, 1.807) is 7.11 Å². The van der Waals surface area contributed by atoms with Crippen molar-refractivity contribution in [1.82, 2.24) is 19.6 Å². The molecule has 9 nitrogen and oxygen atoms in total. The molecule has 458 valence electrons. The van der Waals surface area contributed by atoms with Gasteiger partial charge in [0.1, 0.15) is 5.75 Å². The van der Waals surface area contributed by atoms with Crippen LogP contribution < -0.4 is 24.3 Å². The predicted molar refractivity (Wildman–Crippen MR) is 357 cm³/mol. The summed E-state index contributed by atoms with van der Waals surface area (Å²) >= 11 is 0. The number of aryl methyl sites for hydroxylation is 5. The SMILES string of the molecule is COc1ccccc1N1CCN(CC2CC3C=CC2C3)CC1.Cc1ccc(C)c(N2CCN(C3CC4CCC3C4)CC2)c1.Cc1ccc(C)c(N2CCN(C3CCC(C)C3)CC2)c1.Cc1cccc(N2CCN(CC3CCCCC3)CC2)c1C. The lowest BCUT2D eigenvalue weighted by Crippen LogP contribution is -2.51. The Hall–Kier alpha value is -4.54. The highest BCUT2D eigenvalue weighted by molar-refractivity contribution is 5.59. The molecule has 9 fully saturated rings. The second-order valence-electron chi connectivity index (χ2n) is 28.5. The van der Waals surface area contributed by atoms with Gasteiger partial charge >= 0.3 is 0 Å². The minimum atomic E-state index is 0.866. The van der Waals surface area contributed by atoms with Gasteiger partial charge in [-0.2, -0.15) is 0 Å². The van der Waals surface area contributed by atoms with Crippen molar-refractivity contribution in [3.05, 3.63) is 124 Å². The van der Waals surface area contributed by atoms with Crippen LogP contribution in [0.4, 0.5) is 22.7 Å². The molecule has 84 heavy (non-hydrogen) atoms. The standard InChI is InChI=1S/C19H26N2O.C19H28N2.C19H30N2.C18H28N2/c1-22-19-5-3-2-4-18(19)21-10-8-20(9-11-21)14-17-13-15-6-7-16(17)12-15;1-14-3-4-15(2)18(11-14)20-7-9-21(10-8-20)19-13-16-5-6-17(19)12-16;1-16-7-6-10-19(17(16)2)21-13-11-20(12-14-21)15-18-8-4-3-5-9-18;1-14-5-7-17(12-14)19-8-10-20(11-9-19)18-13-15(2)4-6-16(18)3/h2-7,15-17H,8-14H2,1H3;3-4,11,16-17,19H,5-10,12-13H2,1-2H3;6-7,10,18H,3-5,8-9,11-15H2,1-2H3;4,6,13-14,17H,5,7-12H2,1-3H3. The van der Waals surface area contributed by atoms with Gasteiger partial charge in [0.25, 0.3) is 0 Å². The highest BCUT2D eigenvalue weighted by Gasteiger charge is 2.43. The predicted octanol–water partition coefficient (Wildman–Crippen LogP) is 14.3. The van der Waals surface area contributed by atoms with Gasteiger partial charge in [-0.15, -0.1) is 0 Å². The number of hydrogen-bond acceptors (Lipinski definition) is 9. The van der Waals surface area contributed by atoms with E-state index in [2.05, 4.69) is 173 Å². The number of benzene rings is 4. The van der Waals surface area contributed by atoms with Gasteiger partial charge in [0.15, 0.2) is 0 Å². The van der Waals surface area contributed by atoms with Crippen molar-refractivity contribution in [2.75, 3.05) is 145 Å². The maximum atomic E-state index is 5.50.